The largest absolute Gasteiger partial charge is 0.486 e. The Morgan fingerprint density at radius 3 is 2.68 bits per heavy atom. The summed E-state index contributed by atoms with van der Waals surface area (Å²) in [6.45, 7) is 1.02. The molecule has 7 nitrogen and oxygen atoms in total. The third kappa shape index (κ3) is 4.28. The Kier molecular flexibility index (Phi) is 5.18. The molecule has 0 unspecified atom stereocenters. The first-order chi connectivity index (χ1) is 13.7. The minimum atomic E-state index is -0.323. The number of nitrogens with one attached hydrogen (secondary N) is 1. The van der Waals surface area contributed by atoms with E-state index in [1.54, 1.807) is 30.3 Å². The van der Waals surface area contributed by atoms with E-state index < -0.39 is 0 Å². The molecule has 1 aliphatic heterocycles. The summed E-state index contributed by atoms with van der Waals surface area (Å²) in [4.78, 5) is 16.4. The SMILES string of the molecule is O=C(CCCc1nc(-c2ccc(F)cc2)no1)Nc1ccc2c(c1)OCCO2. The van der Waals surface area contributed by atoms with E-state index in [0.717, 1.165) is 0 Å². The highest BCUT2D eigenvalue weighted by Crippen LogP contribution is 2.32. The fourth-order valence-corrected chi connectivity index (χ4v) is 2.82. The van der Waals surface area contributed by atoms with E-state index >= 15 is 0 Å². The summed E-state index contributed by atoms with van der Waals surface area (Å²) in [5.41, 5.74) is 1.33. The molecule has 0 fully saturated rings. The van der Waals surface area contributed by atoms with Crippen molar-refractivity contribution in [1.29, 1.82) is 0 Å². The number of aromatic nitrogens is 2. The number of hydrogen-bond donors (Lipinski definition) is 1. The maximum absolute atomic E-state index is 13.0. The van der Waals surface area contributed by atoms with Gasteiger partial charge >= 0.3 is 0 Å². The normalized spacial score (nSPS) is 12.6. The first-order valence-corrected chi connectivity index (χ1v) is 8.95. The Morgan fingerprint density at radius 2 is 1.86 bits per heavy atom. The van der Waals surface area contributed by atoms with Gasteiger partial charge in [0, 0.05) is 30.2 Å². The first-order valence-electron chi connectivity index (χ1n) is 8.95. The summed E-state index contributed by atoms with van der Waals surface area (Å²) in [6, 6.07) is 11.2. The molecule has 0 radical (unpaired) electrons. The Labute approximate surface area is 160 Å². The van der Waals surface area contributed by atoms with Gasteiger partial charge in [-0.2, -0.15) is 4.98 Å². The van der Waals surface area contributed by atoms with Crippen LogP contribution in [0, 0.1) is 5.82 Å². The van der Waals surface area contributed by atoms with Gasteiger partial charge in [-0.3, -0.25) is 4.79 Å². The van der Waals surface area contributed by atoms with Crippen molar-refractivity contribution in [3.8, 4) is 22.9 Å². The molecule has 0 bridgehead atoms. The second-order valence-corrected chi connectivity index (χ2v) is 6.28. The van der Waals surface area contributed by atoms with Crippen molar-refractivity contribution in [3.05, 3.63) is 54.2 Å². The maximum Gasteiger partial charge on any atom is 0.226 e. The van der Waals surface area contributed by atoms with Gasteiger partial charge in [0.2, 0.25) is 17.6 Å². The average Bonchev–Trinajstić information content (AvgIpc) is 3.17. The van der Waals surface area contributed by atoms with Crippen LogP contribution in [0.15, 0.2) is 47.0 Å². The molecule has 0 saturated heterocycles. The molecular formula is C20H18FN3O4. The summed E-state index contributed by atoms with van der Waals surface area (Å²) in [7, 11) is 0. The highest BCUT2D eigenvalue weighted by Gasteiger charge is 2.13. The van der Waals surface area contributed by atoms with E-state index in [1.807, 2.05) is 0 Å². The average molecular weight is 383 g/mol. The van der Waals surface area contributed by atoms with Gasteiger partial charge in [-0.25, -0.2) is 4.39 Å². The van der Waals surface area contributed by atoms with Crippen LogP contribution >= 0.6 is 0 Å². The number of halogens is 1. The molecule has 4 rings (SSSR count). The van der Waals surface area contributed by atoms with Crippen molar-refractivity contribution in [2.75, 3.05) is 18.5 Å². The van der Waals surface area contributed by atoms with Crippen molar-refractivity contribution in [2.45, 2.75) is 19.3 Å². The monoisotopic (exact) mass is 383 g/mol. The molecule has 2 aromatic carbocycles. The number of benzene rings is 2. The molecule has 8 heteroatoms. The number of anilines is 1. The van der Waals surface area contributed by atoms with E-state index in [4.69, 9.17) is 14.0 Å². The topological polar surface area (TPSA) is 86.5 Å². The number of carbonyl (C=O) groups excluding carboxylic acids is 1. The van der Waals surface area contributed by atoms with E-state index in [2.05, 4.69) is 15.5 Å². The van der Waals surface area contributed by atoms with Crippen molar-refractivity contribution >= 4 is 11.6 Å². The van der Waals surface area contributed by atoms with Gasteiger partial charge < -0.3 is 19.3 Å². The smallest absolute Gasteiger partial charge is 0.226 e. The molecule has 0 spiro atoms. The van der Waals surface area contributed by atoms with Crippen LogP contribution in [-0.2, 0) is 11.2 Å². The lowest BCUT2D eigenvalue weighted by molar-refractivity contribution is -0.116. The predicted octanol–water partition coefficient (Wildman–Crippen LogP) is 3.61. The van der Waals surface area contributed by atoms with Crippen molar-refractivity contribution in [3.63, 3.8) is 0 Å². The van der Waals surface area contributed by atoms with Gasteiger partial charge in [0.15, 0.2) is 11.5 Å². The van der Waals surface area contributed by atoms with Gasteiger partial charge in [-0.15, -0.1) is 0 Å². The molecule has 1 N–H and O–H groups in total. The fraction of sp³-hybridized carbons (Fsp3) is 0.250. The van der Waals surface area contributed by atoms with Crippen LogP contribution in [0.25, 0.3) is 11.4 Å². The maximum atomic E-state index is 13.0. The lowest BCUT2D eigenvalue weighted by Crippen LogP contribution is -2.16. The second kappa shape index (κ2) is 8.08. The van der Waals surface area contributed by atoms with Gasteiger partial charge in [-0.1, -0.05) is 5.16 Å². The number of nitrogens with zero attached hydrogens (tertiary/aromatic N) is 2. The molecule has 144 valence electrons. The molecule has 1 amide bonds. The predicted molar refractivity (Wildman–Crippen MR) is 98.7 cm³/mol. The number of rotatable bonds is 6. The van der Waals surface area contributed by atoms with E-state index in [1.165, 1.54) is 12.1 Å². The van der Waals surface area contributed by atoms with Gasteiger partial charge in [-0.05, 0) is 42.8 Å². The van der Waals surface area contributed by atoms with Crippen LogP contribution in [0.3, 0.4) is 0 Å². The van der Waals surface area contributed by atoms with Crippen molar-refractivity contribution in [1.82, 2.24) is 10.1 Å². The van der Waals surface area contributed by atoms with Gasteiger partial charge in [0.25, 0.3) is 0 Å². The quantitative estimate of drug-likeness (QED) is 0.700. The van der Waals surface area contributed by atoms with Crippen LogP contribution in [0.5, 0.6) is 11.5 Å². The van der Waals surface area contributed by atoms with E-state index in [9.17, 15) is 9.18 Å². The van der Waals surface area contributed by atoms with Crippen LogP contribution in [0.1, 0.15) is 18.7 Å². The molecule has 1 aromatic heterocycles. The Balaban J connectivity index is 1.27. The van der Waals surface area contributed by atoms with Crippen molar-refractivity contribution < 1.29 is 23.2 Å². The zero-order chi connectivity index (χ0) is 19.3. The molecule has 2 heterocycles. The van der Waals surface area contributed by atoms with Crippen LogP contribution < -0.4 is 14.8 Å². The number of amides is 1. The molecule has 0 aliphatic carbocycles. The zero-order valence-corrected chi connectivity index (χ0v) is 15.0. The number of hydrogen-bond acceptors (Lipinski definition) is 6. The summed E-state index contributed by atoms with van der Waals surface area (Å²) in [6.07, 6.45) is 1.34. The molecule has 0 saturated carbocycles. The third-order valence-electron chi connectivity index (χ3n) is 4.19. The molecule has 1 aliphatic rings. The summed E-state index contributed by atoms with van der Waals surface area (Å²) in [5, 5.41) is 6.73. The number of ether oxygens (including phenoxy) is 2. The minimum Gasteiger partial charge on any atom is -0.486 e. The highest BCUT2D eigenvalue weighted by molar-refractivity contribution is 5.91. The fourth-order valence-electron chi connectivity index (χ4n) is 2.82. The van der Waals surface area contributed by atoms with Crippen LogP contribution in [0.4, 0.5) is 10.1 Å². The number of fused-ring (bicyclic) bond motifs is 1. The first kappa shape index (κ1) is 18.0. The number of carbonyl (C=O) groups is 1. The highest BCUT2D eigenvalue weighted by atomic mass is 19.1. The van der Waals surface area contributed by atoms with Gasteiger partial charge in [0.1, 0.15) is 19.0 Å². The summed E-state index contributed by atoms with van der Waals surface area (Å²) in [5.74, 6) is 1.70. The lowest BCUT2D eigenvalue weighted by Gasteiger charge is -2.19. The standard InChI is InChI=1S/C20H18FN3O4/c21-14-6-4-13(5-7-14)20-23-19(28-24-20)3-1-2-18(25)22-15-8-9-16-17(12-15)27-11-10-26-16/h4-9,12H,1-3,10-11H2,(H,22,25). The Morgan fingerprint density at radius 1 is 1.07 bits per heavy atom. The molecule has 28 heavy (non-hydrogen) atoms. The molecule has 0 atom stereocenters. The lowest BCUT2D eigenvalue weighted by atomic mass is 10.2. The summed E-state index contributed by atoms with van der Waals surface area (Å²) < 4.78 is 29.1. The minimum absolute atomic E-state index is 0.116. The van der Waals surface area contributed by atoms with E-state index in [-0.39, 0.29) is 11.7 Å². The Bertz CT molecular complexity index is 972. The van der Waals surface area contributed by atoms with Crippen LogP contribution in [0.2, 0.25) is 0 Å². The van der Waals surface area contributed by atoms with Crippen molar-refractivity contribution in [2.24, 2.45) is 0 Å². The zero-order valence-electron chi connectivity index (χ0n) is 15.0. The van der Waals surface area contributed by atoms with Crippen LogP contribution in [-0.4, -0.2) is 29.3 Å². The van der Waals surface area contributed by atoms with Gasteiger partial charge in [0.05, 0.1) is 0 Å². The molecular weight excluding hydrogens is 365 g/mol. The Hall–Kier alpha value is -3.42. The summed E-state index contributed by atoms with van der Waals surface area (Å²) >= 11 is 0. The van der Waals surface area contributed by atoms with E-state index in [0.29, 0.717) is 66.9 Å². The third-order valence-corrected chi connectivity index (χ3v) is 4.19. The molecule has 3 aromatic rings. The number of aryl methyl sites for hydroxylation is 1. The second-order valence-electron chi connectivity index (χ2n) is 6.28.